The molecule has 0 unspecified atom stereocenters. The van der Waals surface area contributed by atoms with E-state index >= 15 is 0 Å². The van der Waals surface area contributed by atoms with Crippen LogP contribution in [0.2, 0.25) is 0 Å². The van der Waals surface area contributed by atoms with Gasteiger partial charge in [-0.05, 0) is 49.5 Å². The van der Waals surface area contributed by atoms with E-state index < -0.39 is 0 Å². The minimum atomic E-state index is 0.515. The second kappa shape index (κ2) is 6.79. The predicted octanol–water partition coefficient (Wildman–Crippen LogP) is 4.70. The number of fused-ring (bicyclic) bond motifs is 2. The van der Waals surface area contributed by atoms with Gasteiger partial charge < -0.3 is 10.3 Å². The van der Waals surface area contributed by atoms with Crippen molar-refractivity contribution >= 4 is 33.1 Å². The zero-order chi connectivity index (χ0) is 19.2. The van der Waals surface area contributed by atoms with Crippen LogP contribution in [0.1, 0.15) is 24.5 Å². The Bertz CT molecular complexity index is 1290. The molecular weight excluding hydrogens is 380 g/mol. The summed E-state index contributed by atoms with van der Waals surface area (Å²) in [6, 6.07) is 8.61. The lowest BCUT2D eigenvalue weighted by molar-refractivity contribution is 0.453. The highest BCUT2D eigenvalue weighted by Gasteiger charge is 2.19. The zero-order valence-corrected chi connectivity index (χ0v) is 16.6. The second-order valence-corrected chi connectivity index (χ2v) is 8.51. The van der Waals surface area contributed by atoms with Crippen LogP contribution >= 0.6 is 11.3 Å². The van der Waals surface area contributed by atoms with Crippen LogP contribution < -0.4 is 5.32 Å². The molecule has 0 aliphatic carbocycles. The molecule has 1 aliphatic heterocycles. The summed E-state index contributed by atoms with van der Waals surface area (Å²) < 4.78 is 0. The van der Waals surface area contributed by atoms with Gasteiger partial charge in [-0.25, -0.2) is 0 Å². The Hall–Kier alpha value is -3.03. The van der Waals surface area contributed by atoms with E-state index in [2.05, 4.69) is 55.1 Å². The molecular formula is C22H20N6S. The average molecular weight is 401 g/mol. The number of H-pyrrole nitrogens is 2. The maximum Gasteiger partial charge on any atom is 0.116 e. The molecule has 1 aliphatic rings. The minimum absolute atomic E-state index is 0.515. The first-order valence-electron chi connectivity index (χ1n) is 9.92. The molecule has 0 bridgehead atoms. The first kappa shape index (κ1) is 16.9. The first-order chi connectivity index (χ1) is 14.4. The summed E-state index contributed by atoms with van der Waals surface area (Å²) in [4.78, 5) is 13.9. The van der Waals surface area contributed by atoms with Gasteiger partial charge in [-0.3, -0.25) is 15.1 Å². The lowest BCUT2D eigenvalue weighted by Gasteiger charge is -2.22. The van der Waals surface area contributed by atoms with Crippen molar-refractivity contribution in [2.45, 2.75) is 18.8 Å². The Balaban J connectivity index is 1.48. The molecule has 7 heteroatoms. The van der Waals surface area contributed by atoms with E-state index in [-0.39, 0.29) is 0 Å². The Kier molecular flexibility index (Phi) is 3.95. The van der Waals surface area contributed by atoms with Crippen molar-refractivity contribution in [3.8, 4) is 21.8 Å². The topological polar surface area (TPSA) is 82.3 Å². The van der Waals surface area contributed by atoms with Gasteiger partial charge in [0.15, 0.2) is 0 Å². The molecule has 5 aromatic heterocycles. The summed E-state index contributed by atoms with van der Waals surface area (Å²) >= 11 is 1.73. The summed E-state index contributed by atoms with van der Waals surface area (Å²) in [7, 11) is 0. The number of aromatic nitrogens is 5. The van der Waals surface area contributed by atoms with Crippen LogP contribution in [0, 0.1) is 0 Å². The normalized spacial score (nSPS) is 15.4. The van der Waals surface area contributed by atoms with E-state index in [0.717, 1.165) is 59.3 Å². The molecule has 0 saturated carbocycles. The number of rotatable bonds is 3. The number of piperidine rings is 1. The van der Waals surface area contributed by atoms with Gasteiger partial charge in [0.2, 0.25) is 0 Å². The first-order valence-corrected chi connectivity index (χ1v) is 10.8. The second-order valence-electron chi connectivity index (χ2n) is 7.56. The monoisotopic (exact) mass is 400 g/mol. The van der Waals surface area contributed by atoms with Crippen molar-refractivity contribution in [2.24, 2.45) is 0 Å². The van der Waals surface area contributed by atoms with Gasteiger partial charge in [-0.15, -0.1) is 11.3 Å². The number of hydrogen-bond donors (Lipinski definition) is 3. The number of thiophene rings is 1. The molecule has 0 amide bonds. The molecule has 0 radical (unpaired) electrons. The Labute approximate surface area is 171 Å². The molecule has 5 aromatic rings. The summed E-state index contributed by atoms with van der Waals surface area (Å²) in [5, 5.41) is 15.6. The lowest BCUT2D eigenvalue weighted by Crippen LogP contribution is -2.27. The molecule has 6 heterocycles. The minimum Gasteiger partial charge on any atom is -0.352 e. The highest BCUT2D eigenvalue weighted by Crippen LogP contribution is 2.35. The van der Waals surface area contributed by atoms with Gasteiger partial charge in [0, 0.05) is 39.0 Å². The van der Waals surface area contributed by atoms with Crippen LogP contribution in [-0.2, 0) is 0 Å². The van der Waals surface area contributed by atoms with Gasteiger partial charge in [0.25, 0.3) is 0 Å². The number of aromatic amines is 2. The number of nitrogens with zero attached hydrogens (tertiary/aromatic N) is 3. The van der Waals surface area contributed by atoms with E-state index in [0.29, 0.717) is 5.92 Å². The molecule has 29 heavy (non-hydrogen) atoms. The molecule has 144 valence electrons. The standard InChI is InChI=1S/C22H20N6S/c1-2-21(29-7-1)16-10-24-11-19-14(16)8-18(26-19)22-15-9-17(13-3-5-23-6-4-13)25-12-20(15)27-28-22/h1-2,7-13,23,26H,3-6H2,(H,27,28). The van der Waals surface area contributed by atoms with Gasteiger partial charge in [0.1, 0.15) is 5.69 Å². The molecule has 0 atom stereocenters. The maximum absolute atomic E-state index is 4.71. The zero-order valence-electron chi connectivity index (χ0n) is 15.8. The van der Waals surface area contributed by atoms with E-state index in [1.165, 1.54) is 16.0 Å². The van der Waals surface area contributed by atoms with Crippen LogP contribution in [0.15, 0.2) is 48.2 Å². The van der Waals surface area contributed by atoms with Crippen LogP contribution in [0.3, 0.4) is 0 Å². The van der Waals surface area contributed by atoms with Crippen molar-refractivity contribution in [1.82, 2.24) is 30.5 Å². The number of pyridine rings is 2. The molecule has 3 N–H and O–H groups in total. The predicted molar refractivity (Wildman–Crippen MR) is 117 cm³/mol. The quantitative estimate of drug-likeness (QED) is 0.410. The molecule has 6 nitrogen and oxygen atoms in total. The van der Waals surface area contributed by atoms with Crippen LogP contribution in [0.25, 0.3) is 43.6 Å². The third-order valence-corrected chi connectivity index (χ3v) is 6.72. The van der Waals surface area contributed by atoms with Crippen molar-refractivity contribution < 1.29 is 0 Å². The van der Waals surface area contributed by atoms with Gasteiger partial charge >= 0.3 is 0 Å². The highest BCUT2D eigenvalue weighted by molar-refractivity contribution is 7.13. The van der Waals surface area contributed by atoms with E-state index in [4.69, 9.17) is 4.98 Å². The number of nitrogens with one attached hydrogen (secondary N) is 3. The Morgan fingerprint density at radius 3 is 2.79 bits per heavy atom. The third kappa shape index (κ3) is 2.85. The molecule has 6 rings (SSSR count). The largest absolute Gasteiger partial charge is 0.352 e. The van der Waals surface area contributed by atoms with Crippen LogP contribution in [0.4, 0.5) is 0 Å². The summed E-state index contributed by atoms with van der Waals surface area (Å²) in [6.07, 6.45) is 8.01. The summed E-state index contributed by atoms with van der Waals surface area (Å²) in [5.74, 6) is 0.515. The molecule has 0 spiro atoms. The Morgan fingerprint density at radius 2 is 1.93 bits per heavy atom. The van der Waals surface area contributed by atoms with E-state index in [1.807, 2.05) is 18.6 Å². The fourth-order valence-electron chi connectivity index (χ4n) is 4.29. The third-order valence-electron chi connectivity index (χ3n) is 5.81. The molecule has 1 saturated heterocycles. The SMILES string of the molecule is c1csc(-c2cncc3[nH]c(-c4n[nH]c5cnc(C6CCNCC6)cc45)cc23)c1. The van der Waals surface area contributed by atoms with E-state index in [1.54, 1.807) is 11.3 Å². The van der Waals surface area contributed by atoms with Crippen molar-refractivity contribution in [1.29, 1.82) is 0 Å². The smallest absolute Gasteiger partial charge is 0.116 e. The van der Waals surface area contributed by atoms with Crippen molar-refractivity contribution in [3.63, 3.8) is 0 Å². The van der Waals surface area contributed by atoms with Crippen molar-refractivity contribution in [3.05, 3.63) is 53.9 Å². The molecule has 1 fully saturated rings. The van der Waals surface area contributed by atoms with Crippen LogP contribution in [-0.4, -0.2) is 38.2 Å². The highest BCUT2D eigenvalue weighted by atomic mass is 32.1. The fourth-order valence-corrected chi connectivity index (χ4v) is 5.04. The van der Waals surface area contributed by atoms with Gasteiger partial charge in [-0.1, -0.05) is 6.07 Å². The lowest BCUT2D eigenvalue weighted by atomic mass is 9.93. The Morgan fingerprint density at radius 1 is 1.00 bits per heavy atom. The van der Waals surface area contributed by atoms with Gasteiger partial charge in [-0.2, -0.15) is 5.10 Å². The van der Waals surface area contributed by atoms with Crippen molar-refractivity contribution in [2.75, 3.05) is 13.1 Å². The number of hydrogen-bond acceptors (Lipinski definition) is 5. The van der Waals surface area contributed by atoms with Gasteiger partial charge in [0.05, 0.1) is 29.1 Å². The maximum atomic E-state index is 4.71. The van der Waals surface area contributed by atoms with Crippen LogP contribution in [0.5, 0.6) is 0 Å². The average Bonchev–Trinajstić information content (AvgIpc) is 3.52. The fraction of sp³-hybridized carbons (Fsp3) is 0.227. The summed E-state index contributed by atoms with van der Waals surface area (Å²) in [6.45, 7) is 2.12. The van der Waals surface area contributed by atoms with E-state index in [9.17, 15) is 0 Å². The molecule has 0 aromatic carbocycles. The summed E-state index contributed by atoms with van der Waals surface area (Å²) in [5.41, 5.74) is 6.24.